The average molecular weight is 852 g/mol. The maximum absolute atomic E-state index is 12.9. The minimum absolute atomic E-state index is 0.000985. The summed E-state index contributed by atoms with van der Waals surface area (Å²) in [5.41, 5.74) is 0. The van der Waals surface area contributed by atoms with Crippen LogP contribution in [0.25, 0.3) is 0 Å². The summed E-state index contributed by atoms with van der Waals surface area (Å²) < 4.78 is 17.1. The minimum atomic E-state index is -0.469. The molecule has 0 amide bonds. The molecular weight excluding hydrogens is 747 g/mol. The fourth-order valence-corrected chi connectivity index (χ4v) is 8.49. The second-order valence-corrected chi connectivity index (χ2v) is 18.4. The number of hydrogen-bond donors (Lipinski definition) is 1. The Morgan fingerprint density at radius 2 is 0.733 bits per heavy atom. The standard InChI is InChI=1S/C53H105NO6/c1-5-9-13-17-18-19-20-27-35-43-51(42-34-16-12-8-4)60-53(57)59-49-39-31-24-22-29-37-45-54(46-47-55)44-36-28-21-23-30-38-48-58-52(56)50(40-32-25-14-10-6-2)41-33-26-15-11-7-3/h50-51,55H,5-49H2,1-4H3. The van der Waals surface area contributed by atoms with Crippen molar-refractivity contribution in [1.29, 1.82) is 0 Å². The number of aliphatic hydroxyl groups is 1. The van der Waals surface area contributed by atoms with Gasteiger partial charge < -0.3 is 24.2 Å². The third kappa shape index (κ3) is 42.0. The molecule has 358 valence electrons. The van der Waals surface area contributed by atoms with Gasteiger partial charge in [-0.25, -0.2) is 4.79 Å². The van der Waals surface area contributed by atoms with Gasteiger partial charge in [0.1, 0.15) is 6.10 Å². The van der Waals surface area contributed by atoms with E-state index in [0.29, 0.717) is 13.2 Å². The van der Waals surface area contributed by atoms with Crippen molar-refractivity contribution in [2.45, 2.75) is 284 Å². The number of unbranched alkanes of at least 4 members (excludes halogenated alkanes) is 29. The lowest BCUT2D eigenvalue weighted by Crippen LogP contribution is -2.29. The monoisotopic (exact) mass is 852 g/mol. The fourth-order valence-electron chi connectivity index (χ4n) is 8.49. The van der Waals surface area contributed by atoms with Crippen LogP contribution in [0.5, 0.6) is 0 Å². The lowest BCUT2D eigenvalue weighted by molar-refractivity contribution is -0.149. The van der Waals surface area contributed by atoms with Gasteiger partial charge in [0, 0.05) is 6.54 Å². The van der Waals surface area contributed by atoms with Gasteiger partial charge in [-0.15, -0.1) is 0 Å². The highest BCUT2D eigenvalue weighted by molar-refractivity contribution is 5.72. The Balaban J connectivity index is 4.04. The molecule has 0 spiro atoms. The van der Waals surface area contributed by atoms with Gasteiger partial charge in [0.2, 0.25) is 0 Å². The Labute approximate surface area is 374 Å². The van der Waals surface area contributed by atoms with Crippen LogP contribution in [0.3, 0.4) is 0 Å². The summed E-state index contributed by atoms with van der Waals surface area (Å²) >= 11 is 0. The molecule has 7 nitrogen and oxygen atoms in total. The summed E-state index contributed by atoms with van der Waals surface area (Å²) in [7, 11) is 0. The van der Waals surface area contributed by atoms with Crippen molar-refractivity contribution in [2.24, 2.45) is 5.92 Å². The Kier molecular flexibility index (Phi) is 47.6. The number of ether oxygens (including phenoxy) is 3. The molecule has 1 N–H and O–H groups in total. The Bertz CT molecular complexity index is 856. The van der Waals surface area contributed by atoms with Crippen molar-refractivity contribution in [3.05, 3.63) is 0 Å². The van der Waals surface area contributed by atoms with E-state index in [1.807, 2.05) is 0 Å². The van der Waals surface area contributed by atoms with Gasteiger partial charge in [-0.1, -0.05) is 214 Å². The van der Waals surface area contributed by atoms with E-state index in [1.165, 1.54) is 167 Å². The van der Waals surface area contributed by atoms with Crippen LogP contribution >= 0.6 is 0 Å². The summed E-state index contributed by atoms with van der Waals surface area (Å²) in [4.78, 5) is 27.9. The summed E-state index contributed by atoms with van der Waals surface area (Å²) in [5, 5.41) is 9.62. The van der Waals surface area contributed by atoms with Crippen molar-refractivity contribution in [3.8, 4) is 0 Å². The van der Waals surface area contributed by atoms with Crippen molar-refractivity contribution in [2.75, 3.05) is 39.5 Å². The number of aliphatic hydroxyl groups excluding tert-OH is 1. The molecule has 0 aromatic carbocycles. The molecule has 0 aliphatic rings. The van der Waals surface area contributed by atoms with E-state index in [2.05, 4.69) is 32.6 Å². The molecule has 0 aliphatic carbocycles. The highest BCUT2D eigenvalue weighted by Crippen LogP contribution is 2.22. The lowest BCUT2D eigenvalue weighted by atomic mass is 9.94. The van der Waals surface area contributed by atoms with Crippen molar-refractivity contribution < 1.29 is 28.9 Å². The lowest BCUT2D eigenvalue weighted by Gasteiger charge is -2.21. The zero-order valence-corrected chi connectivity index (χ0v) is 40.9. The SMILES string of the molecule is CCCCCCCCCCCC(CCCCCC)OC(=O)OCCCCCCCCN(CCO)CCCCCCCCOC(=O)C(CCCCCCC)CCCCCCC. The van der Waals surface area contributed by atoms with Crippen molar-refractivity contribution >= 4 is 12.1 Å². The average Bonchev–Trinajstić information content (AvgIpc) is 3.24. The largest absolute Gasteiger partial charge is 0.508 e. The predicted octanol–water partition coefficient (Wildman–Crippen LogP) is 16.3. The Morgan fingerprint density at radius 3 is 1.15 bits per heavy atom. The van der Waals surface area contributed by atoms with Gasteiger partial charge in [0.05, 0.1) is 25.7 Å². The Morgan fingerprint density at radius 1 is 0.400 bits per heavy atom. The number of carbonyl (C=O) groups excluding carboxylic acids is 2. The van der Waals surface area contributed by atoms with Crippen molar-refractivity contribution in [3.63, 3.8) is 0 Å². The summed E-state index contributed by atoms with van der Waals surface area (Å²) in [6, 6.07) is 0. The fraction of sp³-hybridized carbons (Fsp3) is 0.962. The maximum Gasteiger partial charge on any atom is 0.508 e. The minimum Gasteiger partial charge on any atom is -0.465 e. The molecule has 1 unspecified atom stereocenters. The first kappa shape index (κ1) is 58.7. The van der Waals surface area contributed by atoms with Crippen LogP contribution in [0.1, 0.15) is 278 Å². The highest BCUT2D eigenvalue weighted by Gasteiger charge is 2.19. The molecule has 0 aliphatic heterocycles. The van der Waals surface area contributed by atoms with E-state index in [1.54, 1.807) is 0 Å². The van der Waals surface area contributed by atoms with Crippen molar-refractivity contribution in [1.82, 2.24) is 4.90 Å². The van der Waals surface area contributed by atoms with Crippen LogP contribution in [0.4, 0.5) is 4.79 Å². The Hall–Kier alpha value is -1.34. The first-order valence-corrected chi connectivity index (χ1v) is 26.8. The molecule has 0 aromatic rings. The van der Waals surface area contributed by atoms with Crippen LogP contribution in [-0.2, 0) is 19.0 Å². The van der Waals surface area contributed by atoms with E-state index in [9.17, 15) is 14.7 Å². The van der Waals surface area contributed by atoms with Crippen LogP contribution in [-0.4, -0.2) is 67.7 Å². The molecule has 0 aromatic heterocycles. The van der Waals surface area contributed by atoms with Gasteiger partial charge in [-0.05, 0) is 77.3 Å². The molecule has 7 heteroatoms. The summed E-state index contributed by atoms with van der Waals surface area (Å²) in [6.45, 7) is 13.1. The molecular formula is C53H105NO6. The third-order valence-corrected chi connectivity index (χ3v) is 12.5. The number of nitrogens with zero attached hydrogens (tertiary/aromatic N) is 1. The molecule has 1 atom stereocenters. The molecule has 0 bridgehead atoms. The van der Waals surface area contributed by atoms with Crippen LogP contribution < -0.4 is 0 Å². The third-order valence-electron chi connectivity index (χ3n) is 12.5. The smallest absolute Gasteiger partial charge is 0.465 e. The van der Waals surface area contributed by atoms with E-state index in [-0.39, 0.29) is 24.6 Å². The number of rotatable bonds is 49. The highest BCUT2D eigenvalue weighted by atomic mass is 16.7. The predicted molar refractivity (Wildman–Crippen MR) is 257 cm³/mol. The van der Waals surface area contributed by atoms with Crippen LogP contribution in [0.15, 0.2) is 0 Å². The summed E-state index contributed by atoms with van der Waals surface area (Å²) in [6.07, 6.45) is 46.1. The zero-order valence-electron chi connectivity index (χ0n) is 40.9. The second-order valence-electron chi connectivity index (χ2n) is 18.4. The van der Waals surface area contributed by atoms with Gasteiger partial charge in [-0.2, -0.15) is 0 Å². The number of esters is 1. The van der Waals surface area contributed by atoms with Crippen LogP contribution in [0.2, 0.25) is 0 Å². The molecule has 0 saturated carbocycles. The van der Waals surface area contributed by atoms with E-state index in [0.717, 1.165) is 103 Å². The first-order chi connectivity index (χ1) is 29.5. The first-order valence-electron chi connectivity index (χ1n) is 26.8. The molecule has 0 radical (unpaired) electrons. The molecule has 0 heterocycles. The van der Waals surface area contributed by atoms with Crippen LogP contribution in [0, 0.1) is 5.92 Å². The maximum atomic E-state index is 12.9. The topological polar surface area (TPSA) is 85.3 Å². The van der Waals surface area contributed by atoms with Gasteiger partial charge in [0.15, 0.2) is 0 Å². The summed E-state index contributed by atoms with van der Waals surface area (Å²) in [5.74, 6) is 0.158. The quantitative estimate of drug-likeness (QED) is 0.0482. The molecule has 0 rings (SSSR count). The number of hydrogen-bond acceptors (Lipinski definition) is 7. The second kappa shape index (κ2) is 48.7. The van der Waals surface area contributed by atoms with Gasteiger partial charge in [-0.3, -0.25) is 4.79 Å². The zero-order chi connectivity index (χ0) is 43.8. The molecule has 0 saturated heterocycles. The number of carbonyl (C=O) groups is 2. The van der Waals surface area contributed by atoms with Gasteiger partial charge >= 0.3 is 12.1 Å². The van der Waals surface area contributed by atoms with E-state index in [4.69, 9.17) is 14.2 Å². The normalized spacial score (nSPS) is 12.1. The van der Waals surface area contributed by atoms with E-state index < -0.39 is 6.16 Å². The van der Waals surface area contributed by atoms with E-state index >= 15 is 0 Å². The van der Waals surface area contributed by atoms with Gasteiger partial charge in [0.25, 0.3) is 0 Å². The molecule has 0 fully saturated rings. The molecule has 60 heavy (non-hydrogen) atoms.